The molecule has 0 unspecified atom stereocenters. The van der Waals surface area contributed by atoms with Crippen LogP contribution in [0.3, 0.4) is 0 Å². The van der Waals surface area contributed by atoms with Crippen molar-refractivity contribution in [2.24, 2.45) is 11.5 Å². The van der Waals surface area contributed by atoms with Crippen LogP contribution in [0, 0.1) is 0 Å². The van der Waals surface area contributed by atoms with Crippen molar-refractivity contribution >= 4 is 130 Å². The monoisotopic (exact) mass is 1100 g/mol. The molecule has 0 aliphatic heterocycles. The fourth-order valence-corrected chi connectivity index (χ4v) is 1.72. The lowest BCUT2D eigenvalue weighted by Crippen LogP contribution is -2.01. The van der Waals surface area contributed by atoms with Crippen LogP contribution in [0.5, 0.6) is 0 Å². The Bertz CT molecular complexity index is 710. The predicted octanol–water partition coefficient (Wildman–Crippen LogP) is 12.9. The number of carbonyl (C=O) groups excluding carboxylic acids is 2. The zero-order valence-corrected chi connectivity index (χ0v) is 41.8. The van der Waals surface area contributed by atoms with Gasteiger partial charge in [0.2, 0.25) is 12.3 Å². The Kier molecular flexibility index (Phi) is 171. The lowest BCUT2D eigenvalue weighted by Gasteiger charge is -2.01. The van der Waals surface area contributed by atoms with Gasteiger partial charge in [0.05, 0.1) is 0 Å². The SMILES string of the molecule is BrCCBr.CBr.CC.CC(=O)O.CC(C)c1ccccc1.CC(N)=O.CCCCCC.CCl.CI.ClCCCl.NC=O.O=CO.[HH].c1ccccc1. The predicted molar refractivity (Wildman–Crippen MR) is 253 cm³/mol. The molecular formula is C36H71Br3Cl3IN2O6. The van der Waals surface area contributed by atoms with Gasteiger partial charge in [-0.25, -0.2) is 0 Å². The van der Waals surface area contributed by atoms with Crippen molar-refractivity contribution in [2.45, 2.75) is 87.0 Å². The van der Waals surface area contributed by atoms with Crippen LogP contribution in [-0.4, -0.2) is 74.5 Å². The van der Waals surface area contributed by atoms with Gasteiger partial charge in [-0.3, -0.25) is 19.2 Å². The van der Waals surface area contributed by atoms with Crippen LogP contribution >= 0.6 is 105 Å². The van der Waals surface area contributed by atoms with Crippen LogP contribution in [0.4, 0.5) is 0 Å². The molecule has 0 spiro atoms. The second-order valence-corrected chi connectivity index (χ2v) is 9.90. The van der Waals surface area contributed by atoms with Crippen molar-refractivity contribution in [1.82, 2.24) is 0 Å². The zero-order chi connectivity index (χ0) is 43.2. The molecule has 0 saturated heterocycles. The van der Waals surface area contributed by atoms with E-state index < -0.39 is 5.97 Å². The van der Waals surface area contributed by atoms with E-state index in [0.29, 0.717) is 17.7 Å². The standard InChI is InChI=1S/C9H12.C6H6.C6H14.C2H4Br2.C2H4Cl2.C2H5NO.C2H4O2.C2H6.CH3Br.CH3Cl.CH3I.CH3NO.CH2O2.H2/c1-8(2)9-6-4-3-5-7-9;1-2-4-6-5-3-1;1-3-5-6-4-2;2*3-1-2-4;2*1-2(3)4;4*1-2;2*2-1-3;/h3-8H,1-2H3;1-6H;3-6H2,1-2H3;2*1-2H2;1H3,(H2,3,4);1H3,(H,3,4);1-2H3;3*1H3;1H,(H2,2,3);1H,(H,2,3);1H. The number of carboxylic acids is 1. The molecule has 2 aromatic rings. The van der Waals surface area contributed by atoms with E-state index in [1.165, 1.54) is 44.6 Å². The number of hydrogen-bond acceptors (Lipinski definition) is 4. The Labute approximate surface area is 367 Å². The molecule has 2 aromatic carbocycles. The third-order valence-electron chi connectivity index (χ3n) is 3.23. The highest BCUT2D eigenvalue weighted by Gasteiger charge is 1.93. The average Bonchev–Trinajstić information content (AvgIpc) is 3.16. The third-order valence-corrected chi connectivity index (χ3v) is 5.66. The minimum atomic E-state index is -0.833. The fourth-order valence-electron chi connectivity index (χ4n) is 1.72. The van der Waals surface area contributed by atoms with Crippen LogP contribution < -0.4 is 11.5 Å². The van der Waals surface area contributed by atoms with Crippen molar-refractivity contribution < 1.29 is 30.8 Å². The van der Waals surface area contributed by atoms with Crippen molar-refractivity contribution in [3.8, 4) is 0 Å². The van der Waals surface area contributed by atoms with Gasteiger partial charge in [0, 0.05) is 44.1 Å². The van der Waals surface area contributed by atoms with E-state index in [1.807, 2.05) is 67.1 Å². The van der Waals surface area contributed by atoms with Crippen LogP contribution in [0.15, 0.2) is 66.7 Å². The number of carboxylic acid groups (broad SMARTS) is 2. The van der Waals surface area contributed by atoms with Crippen molar-refractivity contribution in [3.63, 3.8) is 0 Å². The molecule has 15 heteroatoms. The normalized spacial score (nSPS) is 6.88. The zero-order valence-electron chi connectivity index (χ0n) is 32.6. The molecule has 0 saturated carbocycles. The number of benzene rings is 2. The van der Waals surface area contributed by atoms with E-state index in [4.69, 9.17) is 47.8 Å². The summed E-state index contributed by atoms with van der Waals surface area (Å²) in [5.41, 5.74) is 10.1. The van der Waals surface area contributed by atoms with E-state index in [9.17, 15) is 4.79 Å². The molecule has 0 bridgehead atoms. The Balaban J connectivity index is -0.0000000344. The summed E-state index contributed by atoms with van der Waals surface area (Å²) in [4.78, 5) is 37.1. The first-order valence-electron chi connectivity index (χ1n) is 15.5. The second kappa shape index (κ2) is 110. The van der Waals surface area contributed by atoms with Crippen LogP contribution in [-0.2, 0) is 19.2 Å². The molecule has 310 valence electrons. The highest BCUT2D eigenvalue weighted by atomic mass is 127. The molecule has 6 N–H and O–H groups in total. The van der Waals surface area contributed by atoms with Crippen molar-refractivity contribution in [2.75, 3.05) is 39.6 Å². The first kappa shape index (κ1) is 79.2. The molecule has 0 radical (unpaired) electrons. The summed E-state index contributed by atoms with van der Waals surface area (Å²) in [6.45, 7) is 15.0. The van der Waals surface area contributed by atoms with Crippen LogP contribution in [0.1, 0.15) is 94.0 Å². The minimum Gasteiger partial charge on any atom is -0.483 e. The van der Waals surface area contributed by atoms with Gasteiger partial charge in [-0.05, 0) is 22.2 Å². The Morgan fingerprint density at radius 3 is 1.08 bits per heavy atom. The maximum absolute atomic E-state index is 9.22. The summed E-state index contributed by atoms with van der Waals surface area (Å²) >= 11 is 26.2. The molecule has 8 nitrogen and oxygen atoms in total. The number of unbranched alkanes of at least 4 members (excludes halogenated alkanes) is 3. The van der Waals surface area contributed by atoms with Crippen molar-refractivity contribution in [1.29, 1.82) is 0 Å². The molecule has 0 aliphatic carbocycles. The first-order valence-corrected chi connectivity index (χ1v) is 23.3. The summed E-state index contributed by atoms with van der Waals surface area (Å²) < 4.78 is 0. The quantitative estimate of drug-likeness (QED) is 0.0975. The fraction of sp³-hybridized carbons (Fsp3) is 0.556. The number of carbonyl (C=O) groups is 4. The molecule has 0 heterocycles. The Hall–Kier alpha value is -0.640. The number of primary amides is 2. The Morgan fingerprint density at radius 2 is 0.980 bits per heavy atom. The summed E-state index contributed by atoms with van der Waals surface area (Å²) in [6, 6.07) is 22.5. The van der Waals surface area contributed by atoms with E-state index >= 15 is 0 Å². The minimum absolute atomic E-state index is 0. The van der Waals surface area contributed by atoms with Gasteiger partial charge in [0.1, 0.15) is 0 Å². The van der Waals surface area contributed by atoms with Crippen molar-refractivity contribution in [3.05, 3.63) is 72.3 Å². The summed E-state index contributed by atoms with van der Waals surface area (Å²) in [6.07, 6.45) is 7.26. The van der Waals surface area contributed by atoms with Gasteiger partial charge in [0.15, 0.2) is 0 Å². The molecule has 2 rings (SSSR count). The van der Waals surface area contributed by atoms with E-state index in [0.717, 1.165) is 17.6 Å². The van der Waals surface area contributed by atoms with Crippen LogP contribution in [0.2, 0.25) is 0 Å². The van der Waals surface area contributed by atoms with E-state index in [-0.39, 0.29) is 20.2 Å². The number of alkyl halides is 7. The topological polar surface area (TPSA) is 161 Å². The van der Waals surface area contributed by atoms with Gasteiger partial charge in [0.25, 0.3) is 12.4 Å². The number of amides is 2. The highest BCUT2D eigenvalue weighted by Crippen LogP contribution is 2.11. The van der Waals surface area contributed by atoms with Gasteiger partial charge in [-0.1, -0.05) is 204 Å². The van der Waals surface area contributed by atoms with Gasteiger partial charge < -0.3 is 21.7 Å². The number of nitrogens with two attached hydrogens (primary N) is 2. The number of aliphatic carboxylic acids is 1. The summed E-state index contributed by atoms with van der Waals surface area (Å²) in [5, 5.41) is 16.4. The first-order chi connectivity index (χ1) is 24.3. The number of halogens is 7. The second-order valence-electron chi connectivity index (χ2n) is 7.55. The Morgan fingerprint density at radius 1 is 0.804 bits per heavy atom. The molecular weight excluding hydrogens is 1030 g/mol. The highest BCUT2D eigenvalue weighted by molar-refractivity contribution is 14.1. The molecule has 2 amide bonds. The maximum atomic E-state index is 9.22. The smallest absolute Gasteiger partial charge is 0.300 e. The lowest BCUT2D eigenvalue weighted by molar-refractivity contribution is -0.134. The largest absolute Gasteiger partial charge is 0.483 e. The number of rotatable bonds is 6. The van der Waals surface area contributed by atoms with E-state index in [2.05, 4.69) is 145 Å². The molecule has 0 atom stereocenters. The third kappa shape index (κ3) is 221. The van der Waals surface area contributed by atoms with Gasteiger partial charge in [-0.2, -0.15) is 0 Å². The molecule has 0 fully saturated rings. The maximum Gasteiger partial charge on any atom is 0.300 e. The average molecular weight is 1100 g/mol. The van der Waals surface area contributed by atoms with Gasteiger partial charge >= 0.3 is 0 Å². The summed E-state index contributed by atoms with van der Waals surface area (Å²) in [7, 11) is 0. The summed E-state index contributed by atoms with van der Waals surface area (Å²) in [5.74, 6) is 2.42. The molecule has 51 heavy (non-hydrogen) atoms. The lowest BCUT2D eigenvalue weighted by atomic mass is 10.0. The van der Waals surface area contributed by atoms with Crippen LogP contribution in [0.25, 0.3) is 0 Å². The van der Waals surface area contributed by atoms with Gasteiger partial charge in [-0.15, -0.1) is 34.8 Å². The molecule has 0 aliphatic rings. The number of hydrogen-bond donors (Lipinski definition) is 4. The van der Waals surface area contributed by atoms with E-state index in [1.54, 1.807) is 0 Å². The molecule has 0 aromatic heterocycles.